The fraction of sp³-hybridized carbons (Fsp3) is 0.455. The van der Waals surface area contributed by atoms with Crippen LogP contribution in [0.25, 0.3) is 0 Å². The molecule has 17 heavy (non-hydrogen) atoms. The Kier molecular flexibility index (Phi) is 5.06. The third-order valence-electron chi connectivity index (χ3n) is 2.10. The van der Waals surface area contributed by atoms with Gasteiger partial charge >= 0.3 is 6.03 Å². The van der Waals surface area contributed by atoms with Crippen LogP contribution in [0, 0.1) is 0 Å². The molecule has 0 radical (unpaired) electrons. The van der Waals surface area contributed by atoms with E-state index >= 15 is 0 Å². The van der Waals surface area contributed by atoms with Gasteiger partial charge in [-0.3, -0.25) is 4.79 Å². The van der Waals surface area contributed by atoms with Crippen molar-refractivity contribution < 1.29 is 14.0 Å². The summed E-state index contributed by atoms with van der Waals surface area (Å²) in [7, 11) is 0. The lowest BCUT2D eigenvalue weighted by atomic mass is 10.3. The molecule has 1 heterocycles. The van der Waals surface area contributed by atoms with Crippen LogP contribution in [0.5, 0.6) is 0 Å². The van der Waals surface area contributed by atoms with Crippen LogP contribution in [0.2, 0.25) is 0 Å². The molecule has 0 aliphatic carbocycles. The molecule has 0 aromatic carbocycles. The number of rotatable bonds is 5. The Morgan fingerprint density at radius 2 is 2.18 bits per heavy atom. The van der Waals surface area contributed by atoms with Gasteiger partial charge in [0, 0.05) is 6.54 Å². The fourth-order valence-electron chi connectivity index (χ4n) is 1.21. The van der Waals surface area contributed by atoms with E-state index < -0.39 is 6.04 Å². The third kappa shape index (κ3) is 4.58. The topological polar surface area (TPSA) is 83.4 Å². The van der Waals surface area contributed by atoms with Gasteiger partial charge in [-0.25, -0.2) is 4.79 Å². The fourth-order valence-corrected chi connectivity index (χ4v) is 1.21. The average Bonchev–Trinajstić information content (AvgIpc) is 2.78. The Labute approximate surface area is 99.8 Å². The quantitative estimate of drug-likeness (QED) is 0.703. The summed E-state index contributed by atoms with van der Waals surface area (Å²) in [5, 5.41) is 7.73. The molecule has 1 rings (SSSR count). The maximum atomic E-state index is 11.6. The van der Waals surface area contributed by atoms with E-state index in [1.165, 1.54) is 6.26 Å². The molecule has 6 heteroatoms. The lowest BCUT2D eigenvalue weighted by molar-refractivity contribution is -0.122. The number of carbonyl (C=O) groups is 2. The number of hydrogen-bond acceptors (Lipinski definition) is 3. The first-order valence-electron chi connectivity index (χ1n) is 5.48. The van der Waals surface area contributed by atoms with Crippen molar-refractivity contribution in [1.29, 1.82) is 0 Å². The predicted octanol–water partition coefficient (Wildman–Crippen LogP) is 0.603. The molecule has 0 aliphatic rings. The lowest BCUT2D eigenvalue weighted by Crippen LogP contribution is -2.48. The molecule has 0 aliphatic heterocycles. The van der Waals surface area contributed by atoms with Crippen LogP contribution in [0.4, 0.5) is 4.79 Å². The van der Waals surface area contributed by atoms with Gasteiger partial charge in [0.15, 0.2) is 0 Å². The van der Waals surface area contributed by atoms with Gasteiger partial charge in [0.1, 0.15) is 11.8 Å². The molecule has 0 spiro atoms. The lowest BCUT2D eigenvalue weighted by Gasteiger charge is -2.13. The van der Waals surface area contributed by atoms with Crippen LogP contribution < -0.4 is 16.0 Å². The maximum absolute atomic E-state index is 11.6. The summed E-state index contributed by atoms with van der Waals surface area (Å²) < 4.78 is 5.07. The Balaban J connectivity index is 2.29. The SMILES string of the molecule is CCNC(=O)N[C@H](C)C(=O)NCc1ccco1. The molecule has 0 unspecified atom stereocenters. The molecule has 94 valence electrons. The summed E-state index contributed by atoms with van der Waals surface area (Å²) in [5.74, 6) is 0.413. The molecular formula is C11H17N3O3. The van der Waals surface area contributed by atoms with Crippen LogP contribution in [-0.4, -0.2) is 24.5 Å². The molecule has 3 N–H and O–H groups in total. The molecule has 0 saturated carbocycles. The third-order valence-corrected chi connectivity index (χ3v) is 2.10. The van der Waals surface area contributed by atoms with E-state index in [2.05, 4.69) is 16.0 Å². The minimum absolute atomic E-state index is 0.257. The molecule has 0 saturated heterocycles. The summed E-state index contributed by atoms with van der Waals surface area (Å²) in [5.41, 5.74) is 0. The largest absolute Gasteiger partial charge is 0.467 e. The molecule has 0 bridgehead atoms. The van der Waals surface area contributed by atoms with Gasteiger partial charge in [-0.15, -0.1) is 0 Å². The standard InChI is InChI=1S/C11H17N3O3/c1-3-12-11(16)14-8(2)10(15)13-7-9-5-4-6-17-9/h4-6,8H,3,7H2,1-2H3,(H,13,15)(H2,12,14,16)/t8-/m1/s1. The van der Waals surface area contributed by atoms with Gasteiger partial charge < -0.3 is 20.4 Å². The summed E-state index contributed by atoms with van der Waals surface area (Å²) in [4.78, 5) is 22.8. The smallest absolute Gasteiger partial charge is 0.315 e. The first kappa shape index (κ1) is 13.1. The van der Waals surface area contributed by atoms with Gasteiger partial charge in [0.25, 0.3) is 0 Å². The first-order valence-corrected chi connectivity index (χ1v) is 5.48. The van der Waals surface area contributed by atoms with Crippen molar-refractivity contribution in [3.8, 4) is 0 Å². The van der Waals surface area contributed by atoms with Crippen molar-refractivity contribution in [3.63, 3.8) is 0 Å². The normalized spacial score (nSPS) is 11.6. The molecule has 1 atom stereocenters. The summed E-state index contributed by atoms with van der Waals surface area (Å²) in [6.45, 7) is 4.26. The zero-order valence-electron chi connectivity index (χ0n) is 9.95. The van der Waals surface area contributed by atoms with Crippen molar-refractivity contribution >= 4 is 11.9 Å². The van der Waals surface area contributed by atoms with Crippen LogP contribution in [0.3, 0.4) is 0 Å². The highest BCUT2D eigenvalue weighted by Gasteiger charge is 2.14. The van der Waals surface area contributed by atoms with E-state index in [1.54, 1.807) is 26.0 Å². The van der Waals surface area contributed by atoms with Crippen LogP contribution >= 0.6 is 0 Å². The van der Waals surface area contributed by atoms with Crippen molar-refractivity contribution in [1.82, 2.24) is 16.0 Å². The van der Waals surface area contributed by atoms with Gasteiger partial charge in [-0.1, -0.05) is 0 Å². The second kappa shape index (κ2) is 6.57. The van der Waals surface area contributed by atoms with Gasteiger partial charge in [-0.2, -0.15) is 0 Å². The minimum Gasteiger partial charge on any atom is -0.467 e. The minimum atomic E-state index is -0.587. The zero-order valence-corrected chi connectivity index (χ0v) is 9.95. The van der Waals surface area contributed by atoms with Gasteiger partial charge in [0.05, 0.1) is 12.8 Å². The number of amides is 3. The molecule has 3 amide bonds. The van der Waals surface area contributed by atoms with Crippen molar-refractivity contribution in [2.24, 2.45) is 0 Å². The van der Waals surface area contributed by atoms with E-state index in [0.29, 0.717) is 18.8 Å². The average molecular weight is 239 g/mol. The highest BCUT2D eigenvalue weighted by atomic mass is 16.3. The molecule has 1 aromatic rings. The van der Waals surface area contributed by atoms with Crippen LogP contribution in [-0.2, 0) is 11.3 Å². The van der Waals surface area contributed by atoms with Crippen molar-refractivity contribution in [3.05, 3.63) is 24.2 Å². The van der Waals surface area contributed by atoms with Crippen molar-refractivity contribution in [2.45, 2.75) is 26.4 Å². The second-order valence-electron chi connectivity index (χ2n) is 3.52. The highest BCUT2D eigenvalue weighted by Crippen LogP contribution is 1.98. The van der Waals surface area contributed by atoms with E-state index in [9.17, 15) is 9.59 Å². The van der Waals surface area contributed by atoms with Crippen molar-refractivity contribution in [2.75, 3.05) is 6.54 Å². The number of furan rings is 1. The number of hydrogen-bond donors (Lipinski definition) is 3. The number of urea groups is 1. The van der Waals surface area contributed by atoms with Gasteiger partial charge in [0.2, 0.25) is 5.91 Å². The summed E-state index contributed by atoms with van der Waals surface area (Å²) in [6, 6.07) is 2.57. The van der Waals surface area contributed by atoms with Gasteiger partial charge in [-0.05, 0) is 26.0 Å². The zero-order chi connectivity index (χ0) is 12.7. The molecule has 1 aromatic heterocycles. The second-order valence-corrected chi connectivity index (χ2v) is 3.52. The van der Waals surface area contributed by atoms with E-state index in [0.717, 1.165) is 0 Å². The maximum Gasteiger partial charge on any atom is 0.315 e. The molecule has 0 fully saturated rings. The monoisotopic (exact) mass is 239 g/mol. The van der Waals surface area contributed by atoms with E-state index in [-0.39, 0.29) is 11.9 Å². The van der Waals surface area contributed by atoms with Crippen LogP contribution in [0.15, 0.2) is 22.8 Å². The highest BCUT2D eigenvalue weighted by molar-refractivity contribution is 5.86. The molecule has 6 nitrogen and oxygen atoms in total. The summed E-state index contributed by atoms with van der Waals surface area (Å²) in [6.07, 6.45) is 1.54. The summed E-state index contributed by atoms with van der Waals surface area (Å²) >= 11 is 0. The Hall–Kier alpha value is -1.98. The molecular weight excluding hydrogens is 222 g/mol. The number of nitrogens with one attached hydrogen (secondary N) is 3. The Bertz CT molecular complexity index is 362. The number of carbonyl (C=O) groups excluding carboxylic acids is 2. The first-order chi connectivity index (χ1) is 8.13. The van der Waals surface area contributed by atoms with E-state index in [4.69, 9.17) is 4.42 Å². The van der Waals surface area contributed by atoms with E-state index in [1.807, 2.05) is 0 Å². The Morgan fingerprint density at radius 1 is 1.41 bits per heavy atom. The van der Waals surface area contributed by atoms with Crippen LogP contribution in [0.1, 0.15) is 19.6 Å². The predicted molar refractivity (Wildman–Crippen MR) is 62.2 cm³/mol. The Morgan fingerprint density at radius 3 is 2.76 bits per heavy atom.